The minimum Gasteiger partial charge on any atom is -0.481 e. The maximum absolute atomic E-state index is 11.7. The molecule has 1 heterocycles. The van der Waals surface area contributed by atoms with Crippen molar-refractivity contribution < 1.29 is 32.6 Å². The highest BCUT2D eigenvalue weighted by Gasteiger charge is 2.38. The lowest BCUT2D eigenvalue weighted by Gasteiger charge is -2.29. The Hall–Kier alpha value is -1.47. The van der Waals surface area contributed by atoms with Crippen LogP contribution in [0.1, 0.15) is 12.8 Å². The van der Waals surface area contributed by atoms with Crippen molar-refractivity contribution in [2.24, 2.45) is 5.92 Å². The molecule has 0 aliphatic carbocycles. The maximum Gasteiger partial charge on any atom is 0.576 e. The lowest BCUT2D eigenvalue weighted by Crippen LogP contribution is -2.44. The number of ether oxygens (including phenoxy) is 1. The van der Waals surface area contributed by atoms with Gasteiger partial charge in [0.05, 0.1) is 5.92 Å². The SMILES string of the molecule is O=C(O)C1CCCN(C(=O)OC(F)(F)F)C1. The molecule has 0 aromatic rings. The maximum atomic E-state index is 11.7. The van der Waals surface area contributed by atoms with Crippen molar-refractivity contribution in [1.29, 1.82) is 0 Å². The van der Waals surface area contributed by atoms with Gasteiger partial charge < -0.3 is 14.7 Å². The monoisotopic (exact) mass is 241 g/mol. The Labute approximate surface area is 88.8 Å². The second-order valence-electron chi connectivity index (χ2n) is 3.44. The standard InChI is InChI=1S/C8H10F3NO4/c9-8(10,11)16-7(15)12-3-1-2-5(4-12)6(13)14/h5H,1-4H2,(H,13,14). The summed E-state index contributed by atoms with van der Waals surface area (Å²) in [4.78, 5) is 22.3. The average molecular weight is 241 g/mol. The number of alkyl halides is 3. The molecule has 1 aliphatic heterocycles. The molecular formula is C8H10F3NO4. The third-order valence-corrected chi connectivity index (χ3v) is 2.23. The number of likely N-dealkylation sites (tertiary alicyclic amines) is 1. The topological polar surface area (TPSA) is 66.8 Å². The van der Waals surface area contributed by atoms with Crippen molar-refractivity contribution in [2.75, 3.05) is 13.1 Å². The summed E-state index contributed by atoms with van der Waals surface area (Å²) in [6.45, 7) is -0.164. The van der Waals surface area contributed by atoms with Gasteiger partial charge in [-0.3, -0.25) is 4.79 Å². The minimum absolute atomic E-state index is 0.0820. The van der Waals surface area contributed by atoms with E-state index in [2.05, 4.69) is 4.74 Å². The Morgan fingerprint density at radius 1 is 1.38 bits per heavy atom. The van der Waals surface area contributed by atoms with Crippen LogP contribution in [-0.4, -0.2) is 41.5 Å². The number of aliphatic carboxylic acids is 1. The number of carboxylic acids is 1. The molecule has 1 fully saturated rings. The van der Waals surface area contributed by atoms with Gasteiger partial charge in [0.1, 0.15) is 0 Å². The van der Waals surface area contributed by atoms with Crippen LogP contribution in [0.25, 0.3) is 0 Å². The van der Waals surface area contributed by atoms with Gasteiger partial charge in [-0.25, -0.2) is 4.79 Å². The second-order valence-corrected chi connectivity index (χ2v) is 3.44. The molecule has 0 aromatic carbocycles. The molecular weight excluding hydrogens is 231 g/mol. The van der Waals surface area contributed by atoms with Crippen LogP contribution in [0.4, 0.5) is 18.0 Å². The second kappa shape index (κ2) is 4.58. The van der Waals surface area contributed by atoms with Gasteiger partial charge in [0.25, 0.3) is 0 Å². The first-order valence-corrected chi connectivity index (χ1v) is 4.57. The van der Waals surface area contributed by atoms with E-state index in [1.807, 2.05) is 0 Å². The van der Waals surface area contributed by atoms with Crippen molar-refractivity contribution >= 4 is 12.1 Å². The molecule has 1 unspecified atom stereocenters. The van der Waals surface area contributed by atoms with Gasteiger partial charge in [0.15, 0.2) is 0 Å². The first-order chi connectivity index (χ1) is 7.29. The predicted octanol–water partition coefficient (Wildman–Crippen LogP) is 1.44. The number of nitrogens with zero attached hydrogens (tertiary/aromatic N) is 1. The summed E-state index contributed by atoms with van der Waals surface area (Å²) < 4.78 is 38.4. The third-order valence-electron chi connectivity index (χ3n) is 2.23. The van der Waals surface area contributed by atoms with Crippen LogP contribution in [0, 0.1) is 5.92 Å². The molecule has 0 radical (unpaired) electrons. The van der Waals surface area contributed by atoms with E-state index in [0.717, 1.165) is 4.90 Å². The fourth-order valence-electron chi connectivity index (χ4n) is 1.51. The molecule has 5 nitrogen and oxygen atoms in total. The predicted molar refractivity (Wildman–Crippen MR) is 44.5 cm³/mol. The van der Waals surface area contributed by atoms with Crippen molar-refractivity contribution in [3.8, 4) is 0 Å². The summed E-state index contributed by atoms with van der Waals surface area (Å²) in [5.41, 5.74) is 0. The summed E-state index contributed by atoms with van der Waals surface area (Å²) in [6, 6.07) is 0. The minimum atomic E-state index is -5.03. The summed E-state index contributed by atoms with van der Waals surface area (Å²) in [6.07, 6.45) is -5.87. The van der Waals surface area contributed by atoms with Crippen LogP contribution in [0.2, 0.25) is 0 Å². The van der Waals surface area contributed by atoms with E-state index in [1.165, 1.54) is 0 Å². The molecule has 0 saturated carbocycles. The van der Waals surface area contributed by atoms with Crippen molar-refractivity contribution in [3.63, 3.8) is 0 Å². The van der Waals surface area contributed by atoms with Gasteiger partial charge in [-0.05, 0) is 12.8 Å². The molecule has 0 bridgehead atoms. The number of hydrogen-bond acceptors (Lipinski definition) is 3. The molecule has 1 rings (SSSR count). The van der Waals surface area contributed by atoms with E-state index < -0.39 is 24.3 Å². The van der Waals surface area contributed by atoms with E-state index in [1.54, 1.807) is 0 Å². The van der Waals surface area contributed by atoms with Gasteiger partial charge >= 0.3 is 18.4 Å². The number of amides is 1. The Kier molecular flexibility index (Phi) is 3.61. The largest absolute Gasteiger partial charge is 0.576 e. The highest BCUT2D eigenvalue weighted by molar-refractivity contribution is 5.73. The van der Waals surface area contributed by atoms with Gasteiger partial charge in [0.2, 0.25) is 0 Å². The Balaban J connectivity index is 2.54. The van der Waals surface area contributed by atoms with Gasteiger partial charge in [-0.15, -0.1) is 13.2 Å². The smallest absolute Gasteiger partial charge is 0.481 e. The van der Waals surface area contributed by atoms with Crippen LogP contribution >= 0.6 is 0 Å². The molecule has 92 valence electrons. The molecule has 0 aromatic heterocycles. The van der Waals surface area contributed by atoms with E-state index in [4.69, 9.17) is 5.11 Å². The zero-order valence-electron chi connectivity index (χ0n) is 8.16. The van der Waals surface area contributed by atoms with E-state index in [0.29, 0.717) is 12.8 Å². The van der Waals surface area contributed by atoms with Crippen LogP contribution in [-0.2, 0) is 9.53 Å². The molecule has 8 heteroatoms. The first kappa shape index (κ1) is 12.6. The number of hydrogen-bond donors (Lipinski definition) is 1. The molecule has 1 N–H and O–H groups in total. The number of carbonyl (C=O) groups is 2. The van der Waals surface area contributed by atoms with Crippen molar-refractivity contribution in [3.05, 3.63) is 0 Å². The van der Waals surface area contributed by atoms with E-state index in [9.17, 15) is 22.8 Å². The Morgan fingerprint density at radius 2 is 2.00 bits per heavy atom. The Bertz CT molecular complexity index is 291. The lowest BCUT2D eigenvalue weighted by molar-refractivity contribution is -0.295. The van der Waals surface area contributed by atoms with Gasteiger partial charge in [-0.1, -0.05) is 0 Å². The van der Waals surface area contributed by atoms with Crippen molar-refractivity contribution in [2.45, 2.75) is 19.2 Å². The number of piperidine rings is 1. The first-order valence-electron chi connectivity index (χ1n) is 4.57. The van der Waals surface area contributed by atoms with Crippen molar-refractivity contribution in [1.82, 2.24) is 4.90 Å². The fraction of sp³-hybridized carbons (Fsp3) is 0.750. The summed E-state index contributed by atoms with van der Waals surface area (Å²) >= 11 is 0. The highest BCUT2D eigenvalue weighted by atomic mass is 19.4. The number of halogens is 3. The quantitative estimate of drug-likeness (QED) is 0.754. The Morgan fingerprint density at radius 3 is 2.50 bits per heavy atom. The summed E-state index contributed by atoms with van der Waals surface area (Å²) in [5.74, 6) is -1.95. The van der Waals surface area contributed by atoms with E-state index in [-0.39, 0.29) is 13.1 Å². The fourth-order valence-corrected chi connectivity index (χ4v) is 1.51. The third kappa shape index (κ3) is 3.59. The van der Waals surface area contributed by atoms with Crippen LogP contribution < -0.4 is 0 Å². The zero-order valence-corrected chi connectivity index (χ0v) is 8.16. The highest BCUT2D eigenvalue weighted by Crippen LogP contribution is 2.21. The molecule has 1 atom stereocenters. The normalized spacial score (nSPS) is 21.7. The average Bonchev–Trinajstić information content (AvgIpc) is 2.15. The van der Waals surface area contributed by atoms with E-state index >= 15 is 0 Å². The van der Waals surface area contributed by atoms with Crippen LogP contribution in [0.5, 0.6) is 0 Å². The number of carbonyl (C=O) groups excluding carboxylic acids is 1. The summed E-state index contributed by atoms with van der Waals surface area (Å²) in [7, 11) is 0. The molecule has 1 aliphatic rings. The lowest BCUT2D eigenvalue weighted by atomic mass is 9.99. The van der Waals surface area contributed by atoms with Gasteiger partial charge in [-0.2, -0.15) is 0 Å². The number of rotatable bonds is 1. The molecule has 1 saturated heterocycles. The zero-order chi connectivity index (χ0) is 12.3. The number of carboxylic acid groups (broad SMARTS) is 1. The molecule has 16 heavy (non-hydrogen) atoms. The summed E-state index contributed by atoms with van der Waals surface area (Å²) in [5, 5.41) is 8.67. The van der Waals surface area contributed by atoms with Crippen LogP contribution in [0.3, 0.4) is 0 Å². The van der Waals surface area contributed by atoms with Crippen LogP contribution in [0.15, 0.2) is 0 Å². The molecule has 0 spiro atoms. The molecule has 1 amide bonds. The van der Waals surface area contributed by atoms with Gasteiger partial charge in [0, 0.05) is 13.1 Å².